The fourth-order valence-electron chi connectivity index (χ4n) is 2.37. The van der Waals surface area contributed by atoms with Crippen molar-refractivity contribution in [3.05, 3.63) is 0 Å². The van der Waals surface area contributed by atoms with Gasteiger partial charge in [-0.15, -0.1) is 0 Å². The Morgan fingerprint density at radius 2 is 1.79 bits per heavy atom. The molecule has 0 bridgehead atoms. The first-order valence-electron chi connectivity index (χ1n) is 7.09. The molecule has 1 saturated heterocycles. The molecule has 1 aliphatic rings. The molecule has 19 heavy (non-hydrogen) atoms. The molecule has 0 amide bonds. The van der Waals surface area contributed by atoms with Crippen LogP contribution in [-0.2, 0) is 9.84 Å². The molecule has 1 fully saturated rings. The van der Waals surface area contributed by atoms with Gasteiger partial charge in [-0.3, -0.25) is 0 Å². The molecular formula is C14H30N2O2S. The Kier molecular flexibility index (Phi) is 5.08. The number of nitrogens with one attached hydrogen (secondary N) is 1. The minimum atomic E-state index is -3.03. The molecule has 1 unspecified atom stereocenters. The first-order valence-corrected chi connectivity index (χ1v) is 8.98. The molecule has 0 radical (unpaired) electrons. The third kappa shape index (κ3) is 4.72. The minimum absolute atomic E-state index is 0.192. The van der Waals surface area contributed by atoms with E-state index < -0.39 is 14.6 Å². The van der Waals surface area contributed by atoms with Gasteiger partial charge in [0.05, 0.1) is 4.75 Å². The van der Waals surface area contributed by atoms with Crippen LogP contribution in [0.2, 0.25) is 0 Å². The second-order valence-electron chi connectivity index (χ2n) is 7.49. The van der Waals surface area contributed by atoms with Crippen LogP contribution in [0.3, 0.4) is 0 Å². The Balaban J connectivity index is 2.78. The van der Waals surface area contributed by atoms with Gasteiger partial charge in [-0.1, -0.05) is 20.8 Å². The smallest absolute Gasteiger partial charge is 0.153 e. The highest BCUT2D eigenvalue weighted by molar-refractivity contribution is 7.92. The standard InChI is InChI=1S/C14H30N2O2S/c1-13(2,3)12-10-16(9-7-8-15-12)11-14(4,5)19(6,17)18/h12,15H,7-11H2,1-6H3. The van der Waals surface area contributed by atoms with Gasteiger partial charge in [-0.25, -0.2) is 8.42 Å². The summed E-state index contributed by atoms with van der Waals surface area (Å²) in [5, 5.41) is 3.58. The van der Waals surface area contributed by atoms with Crippen molar-refractivity contribution in [3.63, 3.8) is 0 Å². The highest BCUT2D eigenvalue weighted by Gasteiger charge is 2.35. The van der Waals surface area contributed by atoms with E-state index in [1.54, 1.807) is 0 Å². The monoisotopic (exact) mass is 290 g/mol. The summed E-state index contributed by atoms with van der Waals surface area (Å²) in [6, 6.07) is 0.408. The average molecular weight is 290 g/mol. The number of sulfone groups is 1. The lowest BCUT2D eigenvalue weighted by atomic mass is 9.86. The van der Waals surface area contributed by atoms with Crippen LogP contribution >= 0.6 is 0 Å². The van der Waals surface area contributed by atoms with Crippen molar-refractivity contribution in [2.24, 2.45) is 5.41 Å². The van der Waals surface area contributed by atoms with E-state index in [0.29, 0.717) is 12.6 Å². The zero-order valence-corrected chi connectivity index (χ0v) is 14.1. The maximum atomic E-state index is 11.8. The van der Waals surface area contributed by atoms with E-state index in [4.69, 9.17) is 0 Å². The van der Waals surface area contributed by atoms with E-state index in [1.807, 2.05) is 13.8 Å². The van der Waals surface area contributed by atoms with Crippen molar-refractivity contribution in [1.29, 1.82) is 0 Å². The number of hydrogen-bond donors (Lipinski definition) is 1. The van der Waals surface area contributed by atoms with Crippen molar-refractivity contribution >= 4 is 9.84 Å². The van der Waals surface area contributed by atoms with Crippen LogP contribution in [0, 0.1) is 5.41 Å². The summed E-state index contributed by atoms with van der Waals surface area (Å²) in [6.07, 6.45) is 2.41. The topological polar surface area (TPSA) is 49.4 Å². The lowest BCUT2D eigenvalue weighted by molar-refractivity contribution is 0.188. The van der Waals surface area contributed by atoms with Crippen LogP contribution in [0.25, 0.3) is 0 Å². The summed E-state index contributed by atoms with van der Waals surface area (Å²) in [7, 11) is -3.03. The molecule has 0 aromatic heterocycles. The molecule has 4 nitrogen and oxygen atoms in total. The van der Waals surface area contributed by atoms with Crippen LogP contribution in [0.1, 0.15) is 41.0 Å². The largest absolute Gasteiger partial charge is 0.312 e. The lowest BCUT2D eigenvalue weighted by Crippen LogP contribution is -2.50. The summed E-state index contributed by atoms with van der Waals surface area (Å²) in [4.78, 5) is 2.30. The molecule has 0 aromatic rings. The molecule has 114 valence electrons. The predicted octanol–water partition coefficient (Wildman–Crippen LogP) is 1.52. The normalized spacial score (nSPS) is 24.2. The zero-order chi connectivity index (χ0) is 14.9. The molecule has 1 atom stereocenters. The van der Waals surface area contributed by atoms with Gasteiger partial charge < -0.3 is 10.2 Å². The van der Waals surface area contributed by atoms with Crippen molar-refractivity contribution < 1.29 is 8.42 Å². The third-order valence-electron chi connectivity index (χ3n) is 4.14. The number of nitrogens with zero attached hydrogens (tertiary/aromatic N) is 1. The van der Waals surface area contributed by atoms with E-state index >= 15 is 0 Å². The fourth-order valence-corrected chi connectivity index (χ4v) is 2.79. The Labute approximate surface area is 118 Å². The zero-order valence-electron chi connectivity index (χ0n) is 13.3. The van der Waals surface area contributed by atoms with Gasteiger partial charge in [0.15, 0.2) is 9.84 Å². The van der Waals surface area contributed by atoms with Gasteiger partial charge in [0.25, 0.3) is 0 Å². The summed E-state index contributed by atoms with van der Waals surface area (Å²) < 4.78 is 23.0. The molecule has 1 N–H and O–H groups in total. The maximum absolute atomic E-state index is 11.8. The van der Waals surface area contributed by atoms with E-state index in [-0.39, 0.29) is 5.41 Å². The van der Waals surface area contributed by atoms with Crippen LogP contribution < -0.4 is 5.32 Å². The van der Waals surface area contributed by atoms with Gasteiger partial charge in [-0.05, 0) is 38.8 Å². The van der Waals surface area contributed by atoms with E-state index in [0.717, 1.165) is 26.1 Å². The summed E-state index contributed by atoms with van der Waals surface area (Å²) in [6.45, 7) is 13.9. The van der Waals surface area contributed by atoms with Gasteiger partial charge in [0.1, 0.15) is 0 Å². The second-order valence-corrected chi connectivity index (χ2v) is 10.1. The molecule has 0 aromatic carbocycles. The Morgan fingerprint density at radius 3 is 2.26 bits per heavy atom. The summed E-state index contributed by atoms with van der Waals surface area (Å²) in [5.41, 5.74) is 0.192. The highest BCUT2D eigenvalue weighted by Crippen LogP contribution is 2.24. The molecule has 0 saturated carbocycles. The Morgan fingerprint density at radius 1 is 1.21 bits per heavy atom. The van der Waals surface area contributed by atoms with Crippen molar-refractivity contribution in [3.8, 4) is 0 Å². The van der Waals surface area contributed by atoms with Gasteiger partial charge in [0, 0.05) is 25.4 Å². The van der Waals surface area contributed by atoms with E-state index in [2.05, 4.69) is 31.0 Å². The Hall–Kier alpha value is -0.130. The van der Waals surface area contributed by atoms with E-state index in [9.17, 15) is 8.42 Å². The third-order valence-corrected chi connectivity index (χ3v) is 6.27. The van der Waals surface area contributed by atoms with E-state index in [1.165, 1.54) is 6.26 Å². The predicted molar refractivity (Wildman–Crippen MR) is 81.2 cm³/mol. The first kappa shape index (κ1) is 16.9. The van der Waals surface area contributed by atoms with Crippen LogP contribution in [-0.4, -0.2) is 56.5 Å². The number of hydrogen-bond acceptors (Lipinski definition) is 4. The van der Waals surface area contributed by atoms with Crippen molar-refractivity contribution in [1.82, 2.24) is 10.2 Å². The number of rotatable bonds is 3. The summed E-state index contributed by atoms with van der Waals surface area (Å²) >= 11 is 0. The SMILES string of the molecule is CC(C)(C)C1CN(CC(C)(C)S(C)(=O)=O)CCCN1. The van der Waals surface area contributed by atoms with Crippen LogP contribution in [0.5, 0.6) is 0 Å². The maximum Gasteiger partial charge on any atom is 0.153 e. The van der Waals surface area contributed by atoms with Gasteiger partial charge >= 0.3 is 0 Å². The average Bonchev–Trinajstić information content (AvgIpc) is 2.39. The lowest BCUT2D eigenvalue weighted by Gasteiger charge is -2.36. The molecule has 0 aliphatic carbocycles. The molecule has 1 heterocycles. The minimum Gasteiger partial charge on any atom is -0.312 e. The van der Waals surface area contributed by atoms with Crippen LogP contribution in [0.4, 0.5) is 0 Å². The molecular weight excluding hydrogens is 260 g/mol. The molecule has 5 heteroatoms. The fraction of sp³-hybridized carbons (Fsp3) is 1.00. The first-order chi connectivity index (χ1) is 8.43. The molecule has 1 aliphatic heterocycles. The molecule has 0 spiro atoms. The van der Waals surface area contributed by atoms with Gasteiger partial charge in [-0.2, -0.15) is 0 Å². The highest BCUT2D eigenvalue weighted by atomic mass is 32.2. The van der Waals surface area contributed by atoms with Crippen LogP contribution in [0.15, 0.2) is 0 Å². The van der Waals surface area contributed by atoms with Crippen molar-refractivity contribution in [2.75, 3.05) is 32.4 Å². The Bertz CT molecular complexity index is 396. The molecule has 1 rings (SSSR count). The van der Waals surface area contributed by atoms with Gasteiger partial charge in [0.2, 0.25) is 0 Å². The second kappa shape index (κ2) is 5.70. The van der Waals surface area contributed by atoms with Crippen molar-refractivity contribution in [2.45, 2.75) is 51.8 Å². The quantitative estimate of drug-likeness (QED) is 0.856. The summed E-state index contributed by atoms with van der Waals surface area (Å²) in [5.74, 6) is 0.